The van der Waals surface area contributed by atoms with E-state index in [-0.39, 0.29) is 39.7 Å². The second-order valence-electron chi connectivity index (χ2n) is 8.40. The van der Waals surface area contributed by atoms with Crippen LogP contribution in [0.25, 0.3) is 0 Å². The number of carbonyl (C=O) groups is 2. The SMILES string of the molecule is O=C(COc1ccc(/C=N\NC(=O)CN(c2cccc(Cl)c2Cl)S(=O)(=O)c2ccccc2)cc1)NCc1ccco1. The predicted molar refractivity (Wildman–Crippen MR) is 156 cm³/mol. The topological polar surface area (TPSA) is 130 Å². The summed E-state index contributed by atoms with van der Waals surface area (Å²) in [5, 5.41) is 6.72. The number of carbonyl (C=O) groups excluding carboxylic acids is 2. The monoisotopic (exact) mass is 614 g/mol. The number of hydrogen-bond donors (Lipinski definition) is 2. The molecule has 3 aromatic carbocycles. The number of hydrazone groups is 1. The van der Waals surface area contributed by atoms with Gasteiger partial charge < -0.3 is 14.5 Å². The normalized spacial score (nSPS) is 11.3. The lowest BCUT2D eigenvalue weighted by Crippen LogP contribution is -2.39. The second-order valence-corrected chi connectivity index (χ2v) is 11.1. The van der Waals surface area contributed by atoms with Gasteiger partial charge in [-0.3, -0.25) is 13.9 Å². The van der Waals surface area contributed by atoms with Crippen LogP contribution < -0.4 is 19.8 Å². The van der Waals surface area contributed by atoms with Crippen LogP contribution in [0.5, 0.6) is 5.75 Å². The number of halogens is 2. The Kier molecular flexibility index (Phi) is 10.0. The molecule has 0 aliphatic rings. The minimum atomic E-state index is -4.17. The quantitative estimate of drug-likeness (QED) is 0.177. The molecular weight excluding hydrogens is 591 g/mol. The summed E-state index contributed by atoms with van der Waals surface area (Å²) in [7, 11) is -4.17. The van der Waals surface area contributed by atoms with Crippen molar-refractivity contribution in [2.75, 3.05) is 17.5 Å². The van der Waals surface area contributed by atoms with Gasteiger partial charge in [0.15, 0.2) is 6.61 Å². The smallest absolute Gasteiger partial charge is 0.264 e. The molecule has 0 aliphatic carbocycles. The largest absolute Gasteiger partial charge is 0.484 e. The average Bonchev–Trinajstić information content (AvgIpc) is 3.50. The maximum Gasteiger partial charge on any atom is 0.264 e. The van der Waals surface area contributed by atoms with E-state index in [0.29, 0.717) is 17.1 Å². The van der Waals surface area contributed by atoms with Crippen LogP contribution in [0.2, 0.25) is 10.0 Å². The number of hydrogen-bond acceptors (Lipinski definition) is 7. The highest BCUT2D eigenvalue weighted by Gasteiger charge is 2.29. The van der Waals surface area contributed by atoms with E-state index in [0.717, 1.165) is 4.31 Å². The van der Waals surface area contributed by atoms with E-state index >= 15 is 0 Å². The van der Waals surface area contributed by atoms with Crippen molar-refractivity contribution in [1.29, 1.82) is 0 Å². The fourth-order valence-corrected chi connectivity index (χ4v) is 5.40. The summed E-state index contributed by atoms with van der Waals surface area (Å²) in [5.74, 6) is 0.0711. The Bertz CT molecular complexity index is 1610. The van der Waals surface area contributed by atoms with Crippen molar-refractivity contribution in [1.82, 2.24) is 10.7 Å². The number of ether oxygens (including phenoxy) is 1. The maximum atomic E-state index is 13.4. The van der Waals surface area contributed by atoms with Crippen molar-refractivity contribution in [2.45, 2.75) is 11.4 Å². The van der Waals surface area contributed by atoms with Crippen molar-refractivity contribution < 1.29 is 27.2 Å². The van der Waals surface area contributed by atoms with Gasteiger partial charge in [-0.05, 0) is 66.2 Å². The third kappa shape index (κ3) is 8.10. The Morgan fingerprint density at radius 2 is 1.68 bits per heavy atom. The minimum absolute atomic E-state index is 0.0118. The zero-order valence-electron chi connectivity index (χ0n) is 21.4. The van der Waals surface area contributed by atoms with E-state index in [2.05, 4.69) is 15.8 Å². The van der Waals surface area contributed by atoms with Gasteiger partial charge in [-0.2, -0.15) is 5.10 Å². The summed E-state index contributed by atoms with van der Waals surface area (Å²) >= 11 is 12.4. The first-order chi connectivity index (χ1) is 19.7. The summed E-state index contributed by atoms with van der Waals surface area (Å²) < 4.78 is 38.3. The Labute approximate surface area is 246 Å². The van der Waals surface area contributed by atoms with Crippen LogP contribution in [-0.2, 0) is 26.2 Å². The number of nitrogens with one attached hydrogen (secondary N) is 2. The van der Waals surface area contributed by atoms with Gasteiger partial charge in [-0.15, -0.1) is 0 Å². The molecule has 0 radical (unpaired) electrons. The number of nitrogens with zero attached hydrogens (tertiary/aromatic N) is 2. The van der Waals surface area contributed by atoms with E-state index in [1.54, 1.807) is 54.6 Å². The number of sulfonamides is 1. The predicted octanol–water partition coefficient (Wildman–Crippen LogP) is 4.63. The van der Waals surface area contributed by atoms with E-state index in [9.17, 15) is 18.0 Å². The number of anilines is 1. The van der Waals surface area contributed by atoms with Crippen molar-refractivity contribution in [2.24, 2.45) is 5.10 Å². The molecule has 41 heavy (non-hydrogen) atoms. The fraction of sp³-hybridized carbons (Fsp3) is 0.107. The highest BCUT2D eigenvalue weighted by Crippen LogP contribution is 2.35. The number of amides is 2. The van der Waals surface area contributed by atoms with Crippen molar-refractivity contribution in [3.63, 3.8) is 0 Å². The molecule has 4 rings (SSSR count). The summed E-state index contributed by atoms with van der Waals surface area (Å²) in [5.41, 5.74) is 2.99. The van der Waals surface area contributed by atoms with Crippen LogP contribution in [0.1, 0.15) is 11.3 Å². The average molecular weight is 615 g/mol. The Hall–Kier alpha value is -4.32. The third-order valence-electron chi connectivity index (χ3n) is 5.51. The van der Waals surface area contributed by atoms with Crippen LogP contribution in [0.4, 0.5) is 5.69 Å². The highest BCUT2D eigenvalue weighted by atomic mass is 35.5. The van der Waals surface area contributed by atoms with Gasteiger partial charge in [0.05, 0.1) is 39.7 Å². The molecule has 0 aliphatic heterocycles. The molecule has 0 bridgehead atoms. The Morgan fingerprint density at radius 1 is 0.927 bits per heavy atom. The van der Waals surface area contributed by atoms with Gasteiger partial charge >= 0.3 is 0 Å². The molecule has 0 atom stereocenters. The second kappa shape index (κ2) is 13.8. The van der Waals surface area contributed by atoms with Crippen molar-refractivity contribution in [3.05, 3.63) is 113 Å². The van der Waals surface area contributed by atoms with Gasteiger partial charge in [-0.1, -0.05) is 47.5 Å². The molecule has 0 spiro atoms. The van der Waals surface area contributed by atoms with Gasteiger partial charge in [-0.25, -0.2) is 13.8 Å². The molecule has 2 N–H and O–H groups in total. The first-order valence-electron chi connectivity index (χ1n) is 12.1. The highest BCUT2D eigenvalue weighted by molar-refractivity contribution is 7.92. The maximum absolute atomic E-state index is 13.4. The van der Waals surface area contributed by atoms with E-state index in [4.69, 9.17) is 32.4 Å². The molecule has 1 heterocycles. The minimum Gasteiger partial charge on any atom is -0.484 e. The molecule has 0 unspecified atom stereocenters. The molecule has 4 aromatic rings. The molecule has 10 nitrogen and oxygen atoms in total. The lowest BCUT2D eigenvalue weighted by atomic mass is 10.2. The fourth-order valence-electron chi connectivity index (χ4n) is 3.50. The number of benzene rings is 3. The van der Waals surface area contributed by atoms with Crippen molar-refractivity contribution >= 4 is 56.9 Å². The number of furan rings is 1. The molecule has 0 fully saturated rings. The van der Waals surface area contributed by atoms with E-state index in [1.807, 2.05) is 0 Å². The number of rotatable bonds is 12. The standard InChI is InChI=1S/C28H24Cl2N4O6S/c29-24-9-4-10-25(28(24)30)34(41(37,38)23-7-2-1-3-8-23)18-26(35)33-32-16-20-11-13-21(14-12-20)40-19-27(36)31-17-22-6-5-15-39-22/h1-16H,17-19H2,(H,31,36)(H,33,35)/b32-16-. The molecule has 2 amide bonds. The van der Waals surface area contributed by atoms with E-state index in [1.165, 1.54) is 42.8 Å². The Balaban J connectivity index is 1.35. The molecule has 0 saturated heterocycles. The van der Waals surface area contributed by atoms with Gasteiger partial charge in [0.1, 0.15) is 18.1 Å². The van der Waals surface area contributed by atoms with Gasteiger partial charge in [0.2, 0.25) is 0 Å². The lowest BCUT2D eigenvalue weighted by molar-refractivity contribution is -0.123. The zero-order valence-corrected chi connectivity index (χ0v) is 23.7. The molecule has 13 heteroatoms. The third-order valence-corrected chi connectivity index (χ3v) is 8.09. The summed E-state index contributed by atoms with van der Waals surface area (Å²) in [6, 6.07) is 22.3. The lowest BCUT2D eigenvalue weighted by Gasteiger charge is -2.24. The van der Waals surface area contributed by atoms with Crippen LogP contribution >= 0.6 is 23.2 Å². The summed E-state index contributed by atoms with van der Waals surface area (Å²) in [6.07, 6.45) is 2.90. The molecular formula is C28H24Cl2N4O6S. The van der Waals surface area contributed by atoms with Gasteiger partial charge in [0, 0.05) is 0 Å². The molecule has 0 saturated carbocycles. The Morgan fingerprint density at radius 3 is 2.39 bits per heavy atom. The van der Waals surface area contributed by atoms with Crippen LogP contribution in [-0.4, -0.2) is 39.6 Å². The molecule has 1 aromatic heterocycles. The van der Waals surface area contributed by atoms with Crippen LogP contribution in [0.15, 0.2) is 106 Å². The van der Waals surface area contributed by atoms with E-state index < -0.39 is 22.5 Å². The van der Waals surface area contributed by atoms with Crippen LogP contribution in [0, 0.1) is 0 Å². The summed E-state index contributed by atoms with van der Waals surface area (Å²) in [4.78, 5) is 24.7. The van der Waals surface area contributed by atoms with Gasteiger partial charge in [0.25, 0.3) is 21.8 Å². The van der Waals surface area contributed by atoms with Crippen LogP contribution in [0.3, 0.4) is 0 Å². The zero-order chi connectivity index (χ0) is 29.2. The first kappa shape index (κ1) is 29.7. The molecule has 212 valence electrons. The summed E-state index contributed by atoms with van der Waals surface area (Å²) in [6.45, 7) is -0.523. The first-order valence-corrected chi connectivity index (χ1v) is 14.3. The van der Waals surface area contributed by atoms with Crippen molar-refractivity contribution in [3.8, 4) is 5.75 Å².